The number of nitrogens with zero attached hydrogens (tertiary/aromatic N) is 1. The van der Waals surface area contributed by atoms with Crippen LogP contribution in [0.15, 0.2) is 42.6 Å². The van der Waals surface area contributed by atoms with Crippen molar-refractivity contribution in [3.8, 4) is 0 Å². The normalized spacial score (nSPS) is 9.94. The molecule has 0 spiro atoms. The van der Waals surface area contributed by atoms with E-state index in [0.29, 0.717) is 11.4 Å². The first-order chi connectivity index (χ1) is 8.15. The molecule has 2 rings (SSSR count). The molecular weight excluding hydrogens is 214 g/mol. The largest absolute Gasteiger partial charge is 0.397 e. The van der Waals surface area contributed by atoms with Gasteiger partial charge in [-0.15, -0.1) is 0 Å². The average Bonchev–Trinajstić information content (AvgIpc) is 2.29. The summed E-state index contributed by atoms with van der Waals surface area (Å²) in [7, 11) is 0. The number of hydrogen-bond acceptors (Lipinski definition) is 3. The molecule has 86 valence electrons. The van der Waals surface area contributed by atoms with Gasteiger partial charge >= 0.3 is 0 Å². The molecule has 17 heavy (non-hydrogen) atoms. The third-order valence-electron chi connectivity index (χ3n) is 2.29. The summed E-state index contributed by atoms with van der Waals surface area (Å²) >= 11 is 0. The average molecular weight is 227 g/mol. The summed E-state index contributed by atoms with van der Waals surface area (Å²) in [5, 5.41) is 2.78. The fourth-order valence-corrected chi connectivity index (χ4v) is 1.46. The van der Waals surface area contributed by atoms with E-state index in [9.17, 15) is 4.79 Å². The Bertz CT molecular complexity index is 535. The van der Waals surface area contributed by atoms with E-state index in [0.717, 1.165) is 11.3 Å². The predicted molar refractivity (Wildman–Crippen MR) is 67.8 cm³/mol. The van der Waals surface area contributed by atoms with Crippen molar-refractivity contribution in [2.24, 2.45) is 0 Å². The Balaban J connectivity index is 2.14. The molecule has 4 heteroatoms. The number of nitrogen functional groups attached to an aromatic ring is 1. The van der Waals surface area contributed by atoms with E-state index >= 15 is 0 Å². The zero-order valence-electron chi connectivity index (χ0n) is 9.47. The first-order valence-corrected chi connectivity index (χ1v) is 5.25. The number of carbonyl (C=O) groups is 1. The zero-order valence-corrected chi connectivity index (χ0v) is 9.47. The Labute approximate surface area is 99.5 Å². The summed E-state index contributed by atoms with van der Waals surface area (Å²) in [4.78, 5) is 15.8. The number of nitrogens with two attached hydrogens (primary N) is 1. The molecule has 3 N–H and O–H groups in total. The van der Waals surface area contributed by atoms with Crippen LogP contribution in [0.3, 0.4) is 0 Å². The lowest BCUT2D eigenvalue weighted by molar-refractivity contribution is 0.102. The first kappa shape index (κ1) is 11.1. The minimum absolute atomic E-state index is 0.240. The van der Waals surface area contributed by atoms with Gasteiger partial charge < -0.3 is 11.1 Å². The van der Waals surface area contributed by atoms with Crippen molar-refractivity contribution in [3.63, 3.8) is 0 Å². The summed E-state index contributed by atoms with van der Waals surface area (Å²) in [6.07, 6.45) is 1.46. The third kappa shape index (κ3) is 2.81. The maximum absolute atomic E-state index is 11.8. The van der Waals surface area contributed by atoms with Crippen molar-refractivity contribution in [2.45, 2.75) is 6.92 Å². The Kier molecular flexibility index (Phi) is 3.05. The molecule has 0 radical (unpaired) electrons. The summed E-state index contributed by atoms with van der Waals surface area (Å²) in [6, 6.07) is 10.8. The lowest BCUT2D eigenvalue weighted by Gasteiger charge is -2.05. The smallest absolute Gasteiger partial charge is 0.274 e. The quantitative estimate of drug-likeness (QED) is 0.826. The van der Waals surface area contributed by atoms with Crippen LogP contribution >= 0.6 is 0 Å². The second kappa shape index (κ2) is 4.65. The minimum atomic E-state index is -0.240. The molecule has 0 fully saturated rings. The molecule has 0 bridgehead atoms. The molecule has 0 aliphatic rings. The Hall–Kier alpha value is -2.36. The monoisotopic (exact) mass is 227 g/mol. The third-order valence-corrected chi connectivity index (χ3v) is 2.29. The molecule has 0 unspecified atom stereocenters. The lowest BCUT2D eigenvalue weighted by Crippen LogP contribution is -2.13. The van der Waals surface area contributed by atoms with Gasteiger partial charge in [-0.1, -0.05) is 12.1 Å². The number of pyridine rings is 1. The lowest BCUT2D eigenvalue weighted by atomic mass is 10.2. The fraction of sp³-hybridized carbons (Fsp3) is 0.0769. The summed E-state index contributed by atoms with van der Waals surface area (Å²) in [6.45, 7) is 1.97. The van der Waals surface area contributed by atoms with Crippen LogP contribution in [-0.2, 0) is 0 Å². The molecule has 0 aliphatic heterocycles. The molecule has 2 aromatic rings. The van der Waals surface area contributed by atoms with Crippen LogP contribution in [0.4, 0.5) is 11.4 Å². The van der Waals surface area contributed by atoms with Crippen molar-refractivity contribution in [1.82, 2.24) is 4.98 Å². The Morgan fingerprint density at radius 1 is 1.29 bits per heavy atom. The number of aromatic nitrogens is 1. The highest BCUT2D eigenvalue weighted by molar-refractivity contribution is 6.02. The van der Waals surface area contributed by atoms with Crippen molar-refractivity contribution in [1.29, 1.82) is 0 Å². The van der Waals surface area contributed by atoms with Crippen LogP contribution in [0.25, 0.3) is 0 Å². The summed E-state index contributed by atoms with van der Waals surface area (Å²) in [5.74, 6) is -0.240. The molecule has 0 saturated carbocycles. The highest BCUT2D eigenvalue weighted by Crippen LogP contribution is 2.11. The van der Waals surface area contributed by atoms with Crippen molar-refractivity contribution < 1.29 is 4.79 Å². The van der Waals surface area contributed by atoms with E-state index in [1.165, 1.54) is 6.20 Å². The molecule has 0 saturated heterocycles. The second-order valence-electron chi connectivity index (χ2n) is 3.80. The van der Waals surface area contributed by atoms with Crippen LogP contribution in [0, 0.1) is 6.92 Å². The van der Waals surface area contributed by atoms with Gasteiger partial charge in [0.05, 0.1) is 11.9 Å². The maximum atomic E-state index is 11.8. The van der Waals surface area contributed by atoms with Crippen LogP contribution < -0.4 is 11.1 Å². The van der Waals surface area contributed by atoms with Gasteiger partial charge in [0.1, 0.15) is 5.69 Å². The molecule has 4 nitrogen and oxygen atoms in total. The van der Waals surface area contributed by atoms with Gasteiger partial charge in [0, 0.05) is 5.69 Å². The van der Waals surface area contributed by atoms with E-state index in [4.69, 9.17) is 5.73 Å². The van der Waals surface area contributed by atoms with Crippen molar-refractivity contribution in [2.75, 3.05) is 11.1 Å². The van der Waals surface area contributed by atoms with Crippen molar-refractivity contribution in [3.05, 3.63) is 53.9 Å². The molecule has 1 aromatic carbocycles. The summed E-state index contributed by atoms with van der Waals surface area (Å²) < 4.78 is 0. The second-order valence-corrected chi connectivity index (χ2v) is 3.80. The number of anilines is 2. The number of aryl methyl sites for hydroxylation is 1. The highest BCUT2D eigenvalue weighted by atomic mass is 16.1. The first-order valence-electron chi connectivity index (χ1n) is 5.25. The van der Waals surface area contributed by atoms with Gasteiger partial charge in [-0.05, 0) is 36.8 Å². The predicted octanol–water partition coefficient (Wildman–Crippen LogP) is 2.22. The summed E-state index contributed by atoms with van der Waals surface area (Å²) in [5.41, 5.74) is 8.24. The number of hydrogen-bond donors (Lipinski definition) is 2. The number of amides is 1. The number of rotatable bonds is 2. The van der Waals surface area contributed by atoms with E-state index in [-0.39, 0.29) is 5.91 Å². The van der Waals surface area contributed by atoms with Gasteiger partial charge in [0.15, 0.2) is 0 Å². The zero-order chi connectivity index (χ0) is 12.3. The SMILES string of the molecule is Cc1cccc(NC(=O)c2ccc(N)cn2)c1. The molecular formula is C13H13N3O. The molecule has 1 heterocycles. The molecule has 0 aliphatic carbocycles. The van der Waals surface area contributed by atoms with Gasteiger partial charge in [0.25, 0.3) is 5.91 Å². The minimum Gasteiger partial charge on any atom is -0.397 e. The Morgan fingerprint density at radius 3 is 2.76 bits per heavy atom. The number of carbonyl (C=O) groups excluding carboxylic acids is 1. The van der Waals surface area contributed by atoms with E-state index in [1.807, 2.05) is 31.2 Å². The van der Waals surface area contributed by atoms with Crippen LogP contribution in [0.5, 0.6) is 0 Å². The Morgan fingerprint density at radius 2 is 2.12 bits per heavy atom. The van der Waals surface area contributed by atoms with Crippen LogP contribution in [-0.4, -0.2) is 10.9 Å². The van der Waals surface area contributed by atoms with E-state index in [1.54, 1.807) is 12.1 Å². The van der Waals surface area contributed by atoms with Crippen LogP contribution in [0.2, 0.25) is 0 Å². The van der Waals surface area contributed by atoms with E-state index in [2.05, 4.69) is 10.3 Å². The van der Waals surface area contributed by atoms with Gasteiger partial charge in [-0.2, -0.15) is 0 Å². The standard InChI is InChI=1S/C13H13N3O/c1-9-3-2-4-11(7-9)16-13(17)12-6-5-10(14)8-15-12/h2-8H,14H2,1H3,(H,16,17). The molecule has 1 amide bonds. The van der Waals surface area contributed by atoms with Gasteiger partial charge in [-0.25, -0.2) is 4.98 Å². The van der Waals surface area contributed by atoms with Crippen LogP contribution in [0.1, 0.15) is 16.1 Å². The maximum Gasteiger partial charge on any atom is 0.274 e. The van der Waals surface area contributed by atoms with E-state index < -0.39 is 0 Å². The molecule has 1 aromatic heterocycles. The number of nitrogens with one attached hydrogen (secondary N) is 1. The molecule has 0 atom stereocenters. The number of benzene rings is 1. The topological polar surface area (TPSA) is 68.0 Å². The van der Waals surface area contributed by atoms with Gasteiger partial charge in [0.2, 0.25) is 0 Å². The van der Waals surface area contributed by atoms with Gasteiger partial charge in [-0.3, -0.25) is 4.79 Å². The fourth-order valence-electron chi connectivity index (χ4n) is 1.46. The highest BCUT2D eigenvalue weighted by Gasteiger charge is 2.06. The van der Waals surface area contributed by atoms with Crippen molar-refractivity contribution >= 4 is 17.3 Å².